The Kier molecular flexibility index (Phi) is 14.7. The number of hydrogen-bond acceptors (Lipinski definition) is 4. The number of hydrogen-bond donors (Lipinski definition) is 1. The van der Waals surface area contributed by atoms with E-state index in [0.717, 1.165) is 85.6 Å². The first-order valence-electron chi connectivity index (χ1n) is 24.9. The monoisotopic (exact) mass is 972 g/mol. The van der Waals surface area contributed by atoms with E-state index in [1.807, 2.05) is 37.4 Å². The number of piperidine rings is 1. The van der Waals surface area contributed by atoms with Gasteiger partial charge in [-0.05, 0) is 126 Å². The van der Waals surface area contributed by atoms with Crippen molar-refractivity contribution in [3.63, 3.8) is 0 Å². The number of allylic oxidation sites excluding steroid dienone is 1. The molecule has 2 aromatic rings. The Morgan fingerprint density at radius 2 is 1.21 bits per heavy atom. The third kappa shape index (κ3) is 11.2. The molecule has 0 spiro atoms. The highest BCUT2D eigenvalue weighted by atomic mass is 35.5. The lowest BCUT2D eigenvalue weighted by Crippen LogP contribution is -2.64. The molecule has 1 unspecified atom stereocenters. The summed E-state index contributed by atoms with van der Waals surface area (Å²) in [5, 5.41) is 10.9. The Balaban J connectivity index is 0.000000199. The van der Waals surface area contributed by atoms with Gasteiger partial charge in [0, 0.05) is 78.2 Å². The molecule has 0 aromatic heterocycles. The molecule has 2 aromatic carbocycles. The second-order valence-electron chi connectivity index (χ2n) is 24.4. The Bertz CT molecular complexity index is 2210. The predicted octanol–water partition coefficient (Wildman–Crippen LogP) is 13.7. The van der Waals surface area contributed by atoms with Crippen molar-refractivity contribution in [2.75, 3.05) is 6.61 Å². The number of aliphatic hydroxyl groups is 1. The zero-order valence-electron chi connectivity index (χ0n) is 41.2. The van der Waals surface area contributed by atoms with E-state index in [9.17, 15) is 37.1 Å². The van der Waals surface area contributed by atoms with E-state index >= 15 is 0 Å². The summed E-state index contributed by atoms with van der Waals surface area (Å²) in [6.07, 6.45) is 9.38. The van der Waals surface area contributed by atoms with Crippen molar-refractivity contribution in [1.82, 2.24) is 9.80 Å². The Morgan fingerprint density at radius 1 is 0.701 bits per heavy atom. The summed E-state index contributed by atoms with van der Waals surface area (Å²) in [5.74, 6) is -5.27. The lowest BCUT2D eigenvalue weighted by molar-refractivity contribution is -0.178. The molecule has 370 valence electrons. The Hall–Kier alpha value is -2.95. The van der Waals surface area contributed by atoms with Crippen LogP contribution in [-0.4, -0.2) is 63.2 Å². The first kappa shape index (κ1) is 51.9. The molecule has 6 nitrogen and oxygen atoms in total. The molecule has 0 bridgehead atoms. The van der Waals surface area contributed by atoms with Crippen LogP contribution in [0.15, 0.2) is 48.2 Å². The third-order valence-corrected chi connectivity index (χ3v) is 17.2. The molecular weight excluding hydrogens is 900 g/mol. The summed E-state index contributed by atoms with van der Waals surface area (Å²) in [6.45, 7) is 19.6. The minimum atomic E-state index is -2.78. The number of imide groups is 1. The lowest BCUT2D eigenvalue weighted by atomic mass is 9.55. The van der Waals surface area contributed by atoms with Crippen LogP contribution in [0.25, 0.3) is 0 Å². The van der Waals surface area contributed by atoms with Crippen molar-refractivity contribution in [1.29, 1.82) is 0 Å². The summed E-state index contributed by atoms with van der Waals surface area (Å²) in [6, 6.07) is 11.1. The van der Waals surface area contributed by atoms with Crippen LogP contribution < -0.4 is 0 Å². The van der Waals surface area contributed by atoms with Crippen LogP contribution in [0.4, 0.5) is 17.6 Å². The molecule has 5 fully saturated rings. The van der Waals surface area contributed by atoms with Gasteiger partial charge >= 0.3 is 0 Å². The number of aliphatic hydroxyl groups excluding tert-OH is 1. The normalized spacial score (nSPS) is 31.0. The summed E-state index contributed by atoms with van der Waals surface area (Å²) >= 11 is 13.4. The molecule has 67 heavy (non-hydrogen) atoms. The van der Waals surface area contributed by atoms with Crippen LogP contribution in [0.3, 0.4) is 0 Å². The van der Waals surface area contributed by atoms with Crippen LogP contribution in [0.2, 0.25) is 10.0 Å². The number of halogens is 6. The van der Waals surface area contributed by atoms with Crippen molar-refractivity contribution in [2.45, 2.75) is 193 Å². The van der Waals surface area contributed by atoms with Gasteiger partial charge in [0.2, 0.25) is 17.7 Å². The largest absolute Gasteiger partial charge is 0.396 e. The van der Waals surface area contributed by atoms with Crippen LogP contribution in [0, 0.1) is 40.4 Å². The molecule has 3 atom stereocenters. The summed E-state index contributed by atoms with van der Waals surface area (Å²) < 4.78 is 54.3. The number of likely N-dealkylation sites (tertiary alicyclic amines) is 1. The van der Waals surface area contributed by atoms with E-state index in [1.54, 1.807) is 4.90 Å². The molecule has 6 aliphatic rings. The number of benzene rings is 2. The molecule has 2 heterocycles. The van der Waals surface area contributed by atoms with Gasteiger partial charge in [0.1, 0.15) is 0 Å². The molecule has 1 saturated heterocycles. The van der Waals surface area contributed by atoms with E-state index in [-0.39, 0.29) is 78.6 Å². The molecular formula is C55H74Cl2F4N2O4. The third-order valence-electron chi connectivity index (χ3n) is 16.5. The van der Waals surface area contributed by atoms with Gasteiger partial charge in [-0.3, -0.25) is 19.3 Å². The summed E-state index contributed by atoms with van der Waals surface area (Å²) in [5.41, 5.74) is 4.39. The van der Waals surface area contributed by atoms with Crippen molar-refractivity contribution >= 4 is 40.9 Å². The van der Waals surface area contributed by atoms with E-state index in [4.69, 9.17) is 23.2 Å². The summed E-state index contributed by atoms with van der Waals surface area (Å²) in [4.78, 5) is 42.9. The van der Waals surface area contributed by atoms with Crippen LogP contribution in [0.1, 0.15) is 168 Å². The smallest absolute Gasteiger partial charge is 0.252 e. The molecule has 2 aliphatic heterocycles. The molecule has 1 N–H and O–H groups in total. The fourth-order valence-electron chi connectivity index (χ4n) is 11.8. The fourth-order valence-corrected chi connectivity index (χ4v) is 12.4. The maximum atomic E-state index is 13.8. The van der Waals surface area contributed by atoms with Gasteiger partial charge < -0.3 is 10.0 Å². The Morgan fingerprint density at radius 3 is 1.69 bits per heavy atom. The minimum absolute atomic E-state index is 0.104. The molecule has 8 rings (SSSR count). The number of rotatable bonds is 12. The Labute approximate surface area is 407 Å². The van der Waals surface area contributed by atoms with E-state index in [2.05, 4.69) is 67.5 Å². The van der Waals surface area contributed by atoms with Gasteiger partial charge in [0.15, 0.2) is 0 Å². The zero-order valence-corrected chi connectivity index (χ0v) is 42.7. The summed E-state index contributed by atoms with van der Waals surface area (Å²) in [7, 11) is 0. The first-order chi connectivity index (χ1) is 31.0. The van der Waals surface area contributed by atoms with Crippen molar-refractivity contribution in [3.05, 3.63) is 80.5 Å². The number of alkyl halides is 4. The van der Waals surface area contributed by atoms with Crippen molar-refractivity contribution < 1.29 is 37.1 Å². The van der Waals surface area contributed by atoms with Gasteiger partial charge in [0.25, 0.3) is 11.8 Å². The SMILES string of the molecule is CC(C)(C)CCc1ccc([C@]2(C)CC(=O)N(C3CC(F)(F)C3)C=C2C2CC(CO)C2)cc1Cl.CCC1CC(C2C(=O)N(C3CC(F)(F)C3)C(=O)C[C@@]2(C)c2ccc(CCC(C)(C)C)c(Cl)c2)C1. The van der Waals surface area contributed by atoms with Gasteiger partial charge in [-0.15, -0.1) is 0 Å². The molecule has 3 amide bonds. The quantitative estimate of drug-likeness (QED) is 0.170. The van der Waals surface area contributed by atoms with E-state index in [0.29, 0.717) is 16.0 Å². The fraction of sp³-hybridized carbons (Fsp3) is 0.691. The predicted molar refractivity (Wildman–Crippen MR) is 258 cm³/mol. The average molecular weight is 974 g/mol. The number of nitrogens with zero attached hydrogens (tertiary/aromatic N) is 2. The molecule has 12 heteroatoms. The topological polar surface area (TPSA) is 77.9 Å². The van der Waals surface area contributed by atoms with E-state index in [1.165, 1.54) is 4.90 Å². The molecule has 4 saturated carbocycles. The molecule has 0 radical (unpaired) electrons. The van der Waals surface area contributed by atoms with Gasteiger partial charge in [-0.1, -0.05) is 116 Å². The van der Waals surface area contributed by atoms with Crippen LogP contribution in [0.5, 0.6) is 0 Å². The lowest BCUT2D eigenvalue weighted by Gasteiger charge is -2.54. The number of carbonyl (C=O) groups excluding carboxylic acids is 3. The minimum Gasteiger partial charge on any atom is -0.396 e. The van der Waals surface area contributed by atoms with Crippen LogP contribution in [-0.2, 0) is 38.1 Å². The maximum absolute atomic E-state index is 13.8. The first-order valence-corrected chi connectivity index (χ1v) is 25.6. The maximum Gasteiger partial charge on any atom is 0.252 e. The van der Waals surface area contributed by atoms with E-state index < -0.39 is 53.5 Å². The zero-order chi connectivity index (χ0) is 49.2. The van der Waals surface area contributed by atoms with Gasteiger partial charge in [-0.25, -0.2) is 17.6 Å². The highest BCUT2D eigenvalue weighted by Gasteiger charge is 2.60. The second kappa shape index (κ2) is 19.0. The van der Waals surface area contributed by atoms with Crippen LogP contribution >= 0.6 is 23.2 Å². The molecule has 4 aliphatic carbocycles. The number of aryl methyl sites for hydroxylation is 2. The van der Waals surface area contributed by atoms with Gasteiger partial charge in [-0.2, -0.15) is 0 Å². The van der Waals surface area contributed by atoms with Gasteiger partial charge in [0.05, 0.1) is 12.0 Å². The average Bonchev–Trinajstić information content (AvgIpc) is 3.16. The number of carbonyl (C=O) groups is 3. The highest BCUT2D eigenvalue weighted by Crippen LogP contribution is 2.55. The second-order valence-corrected chi connectivity index (χ2v) is 25.2. The van der Waals surface area contributed by atoms with Crippen molar-refractivity contribution in [2.24, 2.45) is 40.4 Å². The van der Waals surface area contributed by atoms with Crippen molar-refractivity contribution in [3.8, 4) is 0 Å². The standard InChI is InChI=1S/C28H38ClF2NO2.C27H36ClF2NO2/c1-6-17-11-19(12-17)24-25(34)32(21-14-28(30,31)15-21)23(33)16-27(24,5)20-8-7-18(22(29)13-20)9-10-26(2,3)4;1-25(2,3)8-7-18-5-6-20(11-23(18)28)26(4)14-24(33)31(21-12-27(29,30)13-21)15-22(26)19-9-17(10-19)16-32/h7-8,13,17,19,21,24H,6,9-12,14-16H2,1-5H3;5-6,11,15,17,19,21,32H,7-10,12-14,16H2,1-4H3/t17?,19?,24?,27-;17?,19?,26-/m00/s1. The highest BCUT2D eigenvalue weighted by molar-refractivity contribution is 6.31. The number of amides is 3.